The van der Waals surface area contributed by atoms with Crippen molar-refractivity contribution in [2.45, 2.75) is 11.9 Å². The third kappa shape index (κ3) is 4.60. The number of furan rings is 1. The van der Waals surface area contributed by atoms with Crippen molar-refractivity contribution in [3.63, 3.8) is 0 Å². The van der Waals surface area contributed by atoms with E-state index in [0.717, 1.165) is 0 Å². The van der Waals surface area contributed by atoms with Gasteiger partial charge in [-0.1, -0.05) is 11.8 Å². The summed E-state index contributed by atoms with van der Waals surface area (Å²) in [6.45, 7) is 2.10. The average Bonchev–Trinajstić information content (AvgIpc) is 3.01. The van der Waals surface area contributed by atoms with E-state index < -0.39 is 5.91 Å². The number of carbonyl (C=O) groups excluding carboxylic acids is 2. The smallest absolute Gasteiger partial charge is 0.316 e. The zero-order valence-electron chi connectivity index (χ0n) is 11.2. The molecule has 0 saturated heterocycles. The van der Waals surface area contributed by atoms with Crippen LogP contribution in [0.3, 0.4) is 0 Å². The molecular weight excluding hydrogens is 294 g/mol. The largest absolute Gasteiger partial charge is 0.465 e. The van der Waals surface area contributed by atoms with Crippen molar-refractivity contribution in [2.24, 2.45) is 0 Å². The third-order valence-corrected chi connectivity index (χ3v) is 3.16. The first-order chi connectivity index (χ1) is 10.2. The van der Waals surface area contributed by atoms with Crippen LogP contribution in [0.5, 0.6) is 0 Å². The van der Waals surface area contributed by atoms with E-state index in [1.54, 1.807) is 31.2 Å². The molecule has 0 aliphatic rings. The van der Waals surface area contributed by atoms with Gasteiger partial charge in [0.1, 0.15) is 5.03 Å². The van der Waals surface area contributed by atoms with Crippen LogP contribution in [0.25, 0.3) is 0 Å². The number of thioether (sulfide) groups is 1. The first kappa shape index (κ1) is 15.0. The summed E-state index contributed by atoms with van der Waals surface area (Å²) in [4.78, 5) is 22.9. The molecule has 8 heteroatoms. The predicted molar refractivity (Wildman–Crippen MR) is 76.1 cm³/mol. The maximum Gasteiger partial charge on any atom is 0.316 e. The second-order valence-electron chi connectivity index (χ2n) is 3.78. The molecule has 0 aliphatic heterocycles. The van der Waals surface area contributed by atoms with Gasteiger partial charge in [0, 0.05) is 0 Å². The van der Waals surface area contributed by atoms with E-state index in [0.29, 0.717) is 17.5 Å². The molecule has 0 aromatic carbocycles. The van der Waals surface area contributed by atoms with Gasteiger partial charge in [-0.25, -0.2) is 0 Å². The Morgan fingerprint density at radius 1 is 1.33 bits per heavy atom. The lowest BCUT2D eigenvalue weighted by atomic mass is 10.4. The minimum atomic E-state index is -0.402. The molecule has 1 amide bonds. The zero-order valence-corrected chi connectivity index (χ0v) is 12.1. The zero-order chi connectivity index (χ0) is 15.1. The Kier molecular flexibility index (Phi) is 5.33. The summed E-state index contributed by atoms with van der Waals surface area (Å²) in [7, 11) is 0. The number of hydrogen-bond acceptors (Lipinski definition) is 7. The van der Waals surface area contributed by atoms with Crippen LogP contribution >= 0.6 is 11.8 Å². The normalized spacial score (nSPS) is 10.1. The molecule has 0 unspecified atom stereocenters. The monoisotopic (exact) mass is 307 g/mol. The highest BCUT2D eigenvalue weighted by atomic mass is 32.2. The van der Waals surface area contributed by atoms with Crippen molar-refractivity contribution in [1.29, 1.82) is 0 Å². The minimum Gasteiger partial charge on any atom is -0.465 e. The molecule has 0 atom stereocenters. The number of ether oxygens (including phenoxy) is 1. The Morgan fingerprint density at radius 3 is 2.81 bits per heavy atom. The fourth-order valence-corrected chi connectivity index (χ4v) is 2.00. The first-order valence-corrected chi connectivity index (χ1v) is 7.14. The van der Waals surface area contributed by atoms with E-state index in [1.807, 2.05) is 0 Å². The number of carbonyl (C=O) groups is 2. The Morgan fingerprint density at radius 2 is 2.19 bits per heavy atom. The van der Waals surface area contributed by atoms with Crippen molar-refractivity contribution in [3.8, 4) is 0 Å². The van der Waals surface area contributed by atoms with Gasteiger partial charge in [-0.2, -0.15) is 0 Å². The Labute approximate surface area is 125 Å². The minimum absolute atomic E-state index is 0.167. The predicted octanol–water partition coefficient (Wildman–Crippen LogP) is 1.98. The number of anilines is 1. The van der Waals surface area contributed by atoms with E-state index in [1.165, 1.54) is 18.0 Å². The molecule has 2 aromatic heterocycles. The van der Waals surface area contributed by atoms with Crippen molar-refractivity contribution in [2.75, 3.05) is 17.7 Å². The molecule has 2 aromatic rings. The van der Waals surface area contributed by atoms with Crippen LogP contribution in [0.2, 0.25) is 0 Å². The van der Waals surface area contributed by atoms with Gasteiger partial charge in [-0.05, 0) is 31.2 Å². The van der Waals surface area contributed by atoms with Crippen molar-refractivity contribution < 1.29 is 18.7 Å². The van der Waals surface area contributed by atoms with E-state index in [-0.39, 0.29) is 17.5 Å². The summed E-state index contributed by atoms with van der Waals surface area (Å²) in [5.41, 5.74) is 0. The summed E-state index contributed by atoms with van der Waals surface area (Å²) in [6, 6.07) is 6.43. The fourth-order valence-electron chi connectivity index (χ4n) is 1.38. The number of nitrogens with one attached hydrogen (secondary N) is 1. The number of hydrogen-bond donors (Lipinski definition) is 1. The first-order valence-electron chi connectivity index (χ1n) is 6.16. The molecule has 0 fully saturated rings. The lowest BCUT2D eigenvalue weighted by Gasteiger charge is -2.03. The molecule has 0 saturated carbocycles. The van der Waals surface area contributed by atoms with Crippen LogP contribution < -0.4 is 5.32 Å². The van der Waals surface area contributed by atoms with Gasteiger partial charge in [0.25, 0.3) is 5.91 Å². The summed E-state index contributed by atoms with van der Waals surface area (Å²) in [6.07, 6.45) is 1.41. The SMILES string of the molecule is CCOC(=O)CSc1ccc(NC(=O)c2ccco2)nn1. The second kappa shape index (κ2) is 7.44. The molecule has 1 N–H and O–H groups in total. The highest BCUT2D eigenvalue weighted by Crippen LogP contribution is 2.16. The van der Waals surface area contributed by atoms with E-state index in [9.17, 15) is 9.59 Å². The Balaban J connectivity index is 1.87. The van der Waals surface area contributed by atoms with Crippen molar-refractivity contribution in [1.82, 2.24) is 10.2 Å². The van der Waals surface area contributed by atoms with E-state index >= 15 is 0 Å². The fraction of sp³-hybridized carbons (Fsp3) is 0.231. The topological polar surface area (TPSA) is 94.3 Å². The molecular formula is C13H13N3O4S. The van der Waals surface area contributed by atoms with Gasteiger partial charge in [0.15, 0.2) is 11.6 Å². The molecule has 0 bridgehead atoms. The number of esters is 1. The molecule has 21 heavy (non-hydrogen) atoms. The van der Waals surface area contributed by atoms with Gasteiger partial charge in [-0.15, -0.1) is 10.2 Å². The maximum atomic E-state index is 11.7. The second-order valence-corrected chi connectivity index (χ2v) is 4.78. The lowest BCUT2D eigenvalue weighted by molar-refractivity contribution is -0.139. The van der Waals surface area contributed by atoms with E-state index in [2.05, 4.69) is 15.5 Å². The Bertz CT molecular complexity index is 598. The highest BCUT2D eigenvalue weighted by molar-refractivity contribution is 7.99. The van der Waals surface area contributed by atoms with Crippen LogP contribution in [0.15, 0.2) is 40.0 Å². The van der Waals surface area contributed by atoms with Gasteiger partial charge in [-0.3, -0.25) is 9.59 Å². The highest BCUT2D eigenvalue weighted by Gasteiger charge is 2.10. The Hall–Kier alpha value is -2.35. The van der Waals surface area contributed by atoms with Crippen LogP contribution in [-0.2, 0) is 9.53 Å². The van der Waals surface area contributed by atoms with Crippen LogP contribution in [0.4, 0.5) is 5.82 Å². The molecule has 2 rings (SSSR count). The quantitative estimate of drug-likeness (QED) is 0.644. The number of nitrogens with zero attached hydrogens (tertiary/aromatic N) is 2. The molecule has 2 heterocycles. The summed E-state index contributed by atoms with van der Waals surface area (Å²) in [5.74, 6) is -0.0455. The van der Waals surface area contributed by atoms with Crippen LogP contribution in [0.1, 0.15) is 17.5 Å². The summed E-state index contributed by atoms with van der Waals surface area (Å²) >= 11 is 1.21. The third-order valence-electron chi connectivity index (χ3n) is 2.27. The molecule has 0 radical (unpaired) electrons. The van der Waals surface area contributed by atoms with Crippen LogP contribution in [0, 0.1) is 0 Å². The van der Waals surface area contributed by atoms with Crippen LogP contribution in [-0.4, -0.2) is 34.4 Å². The molecule has 110 valence electrons. The maximum absolute atomic E-state index is 11.7. The average molecular weight is 307 g/mol. The summed E-state index contributed by atoms with van der Waals surface area (Å²) < 4.78 is 9.77. The van der Waals surface area contributed by atoms with Crippen molar-refractivity contribution >= 4 is 29.5 Å². The molecule has 0 spiro atoms. The van der Waals surface area contributed by atoms with E-state index in [4.69, 9.17) is 9.15 Å². The summed E-state index contributed by atoms with van der Waals surface area (Å²) in [5, 5.41) is 10.9. The number of amides is 1. The lowest BCUT2D eigenvalue weighted by Crippen LogP contribution is -2.12. The van der Waals surface area contributed by atoms with Gasteiger partial charge >= 0.3 is 5.97 Å². The number of aromatic nitrogens is 2. The van der Waals surface area contributed by atoms with Crippen molar-refractivity contribution in [3.05, 3.63) is 36.3 Å². The molecule has 0 aliphatic carbocycles. The van der Waals surface area contributed by atoms with Gasteiger partial charge < -0.3 is 14.5 Å². The van der Waals surface area contributed by atoms with Gasteiger partial charge in [0.05, 0.1) is 18.6 Å². The number of rotatable bonds is 6. The standard InChI is InChI=1S/C13H13N3O4S/c1-2-19-12(17)8-21-11-6-5-10(15-16-11)14-13(18)9-4-3-7-20-9/h3-7H,2,8H2,1H3,(H,14,15,18). The molecule has 7 nitrogen and oxygen atoms in total. The van der Waals surface area contributed by atoms with Gasteiger partial charge in [0.2, 0.25) is 0 Å².